The van der Waals surface area contributed by atoms with Crippen LogP contribution in [0.1, 0.15) is 5.69 Å². The fourth-order valence-corrected chi connectivity index (χ4v) is 3.33. The van der Waals surface area contributed by atoms with Crippen molar-refractivity contribution < 1.29 is 14.6 Å². The summed E-state index contributed by atoms with van der Waals surface area (Å²) in [5.74, 6) is 1.52. The molecule has 0 radical (unpaired) electrons. The Bertz CT molecular complexity index is 585. The van der Waals surface area contributed by atoms with Crippen molar-refractivity contribution >= 4 is 27.3 Å². The predicted octanol–water partition coefficient (Wildman–Crippen LogP) is 2.84. The number of hydrogen-bond acceptors (Lipinski definition) is 5. The third-order valence-electron chi connectivity index (χ3n) is 2.62. The Morgan fingerprint density at radius 1 is 1.33 bits per heavy atom. The highest BCUT2D eigenvalue weighted by Gasteiger charge is 2.16. The summed E-state index contributed by atoms with van der Waals surface area (Å²) in [6.07, 6.45) is 0.557. The molecule has 6 heteroatoms. The van der Waals surface area contributed by atoms with Crippen molar-refractivity contribution in [2.75, 3.05) is 13.4 Å². The van der Waals surface area contributed by atoms with Crippen molar-refractivity contribution in [3.63, 3.8) is 0 Å². The molecule has 1 N–H and O–H groups in total. The molecular formula is C12H10BrNO3S. The first-order valence-electron chi connectivity index (χ1n) is 5.44. The molecule has 0 bridgehead atoms. The smallest absolute Gasteiger partial charge is 0.231 e. The van der Waals surface area contributed by atoms with Crippen molar-refractivity contribution in [3.05, 3.63) is 27.7 Å². The maximum atomic E-state index is 8.96. The molecule has 1 aromatic heterocycles. The number of rotatable bonds is 3. The third kappa shape index (κ3) is 2.11. The Kier molecular flexibility index (Phi) is 3.23. The molecule has 4 nitrogen and oxygen atoms in total. The number of halogens is 1. The van der Waals surface area contributed by atoms with Gasteiger partial charge in [0.1, 0.15) is 5.01 Å². The summed E-state index contributed by atoms with van der Waals surface area (Å²) in [7, 11) is 0. The van der Waals surface area contributed by atoms with E-state index in [4.69, 9.17) is 14.6 Å². The summed E-state index contributed by atoms with van der Waals surface area (Å²) >= 11 is 5.02. The summed E-state index contributed by atoms with van der Waals surface area (Å²) in [5, 5.41) is 9.86. The van der Waals surface area contributed by atoms with E-state index in [0.29, 0.717) is 6.42 Å². The number of nitrogens with zero attached hydrogens (tertiary/aromatic N) is 1. The second-order valence-electron chi connectivity index (χ2n) is 3.78. The van der Waals surface area contributed by atoms with Crippen LogP contribution in [0.4, 0.5) is 0 Å². The second-order valence-corrected chi connectivity index (χ2v) is 6.10. The van der Waals surface area contributed by atoms with Crippen LogP contribution in [0.15, 0.2) is 22.0 Å². The number of aliphatic hydroxyl groups excluding tert-OH is 1. The van der Waals surface area contributed by atoms with E-state index >= 15 is 0 Å². The molecule has 0 atom stereocenters. The molecule has 18 heavy (non-hydrogen) atoms. The van der Waals surface area contributed by atoms with Crippen molar-refractivity contribution in [1.82, 2.24) is 4.98 Å². The topological polar surface area (TPSA) is 51.6 Å². The molecule has 2 aromatic rings. The molecule has 1 aromatic carbocycles. The number of benzene rings is 1. The van der Waals surface area contributed by atoms with E-state index in [0.717, 1.165) is 31.6 Å². The number of fused-ring (bicyclic) bond motifs is 1. The zero-order valence-electron chi connectivity index (χ0n) is 9.35. The quantitative estimate of drug-likeness (QED) is 0.941. The van der Waals surface area contributed by atoms with Gasteiger partial charge < -0.3 is 14.6 Å². The van der Waals surface area contributed by atoms with Crippen molar-refractivity contribution in [1.29, 1.82) is 0 Å². The highest BCUT2D eigenvalue weighted by Crippen LogP contribution is 2.38. The highest BCUT2D eigenvalue weighted by atomic mass is 79.9. The minimum atomic E-state index is 0.100. The van der Waals surface area contributed by atoms with E-state index < -0.39 is 0 Å². The van der Waals surface area contributed by atoms with Crippen LogP contribution in [0.2, 0.25) is 0 Å². The molecule has 94 valence electrons. The van der Waals surface area contributed by atoms with Crippen LogP contribution in [0.25, 0.3) is 10.6 Å². The van der Waals surface area contributed by atoms with Gasteiger partial charge in [-0.05, 0) is 34.1 Å². The van der Waals surface area contributed by atoms with Gasteiger partial charge in [0.25, 0.3) is 0 Å². The fourth-order valence-electron chi connectivity index (χ4n) is 1.75. The molecule has 0 fully saturated rings. The minimum absolute atomic E-state index is 0.100. The standard InChI is InChI=1S/C12H10BrNO3S/c13-11-8(3-4-15)14-12(18-11)7-1-2-9-10(5-7)17-6-16-9/h1-2,5,15H,3-4,6H2. The monoisotopic (exact) mass is 327 g/mol. The summed E-state index contributed by atoms with van der Waals surface area (Å²) in [6.45, 7) is 0.374. The lowest BCUT2D eigenvalue weighted by Gasteiger charge is -1.99. The van der Waals surface area contributed by atoms with Gasteiger partial charge in [-0.15, -0.1) is 11.3 Å². The zero-order chi connectivity index (χ0) is 12.5. The van der Waals surface area contributed by atoms with Gasteiger partial charge in [-0.3, -0.25) is 0 Å². The SMILES string of the molecule is OCCc1nc(-c2ccc3c(c2)OCO3)sc1Br. The number of aromatic nitrogens is 1. The minimum Gasteiger partial charge on any atom is -0.454 e. The van der Waals surface area contributed by atoms with Crippen LogP contribution in [0, 0.1) is 0 Å². The summed E-state index contributed by atoms with van der Waals surface area (Å²) in [4.78, 5) is 4.51. The maximum absolute atomic E-state index is 8.96. The van der Waals surface area contributed by atoms with E-state index in [1.807, 2.05) is 18.2 Å². The lowest BCUT2D eigenvalue weighted by Crippen LogP contribution is -1.92. The third-order valence-corrected chi connectivity index (χ3v) is 4.50. The molecule has 1 aliphatic rings. The van der Waals surface area contributed by atoms with Gasteiger partial charge in [0.2, 0.25) is 6.79 Å². The predicted molar refractivity (Wildman–Crippen MR) is 72.2 cm³/mol. The van der Waals surface area contributed by atoms with Gasteiger partial charge in [0, 0.05) is 18.6 Å². The average Bonchev–Trinajstić information content (AvgIpc) is 2.96. The largest absolute Gasteiger partial charge is 0.454 e. The Hall–Kier alpha value is -1.11. The second kappa shape index (κ2) is 4.87. The Morgan fingerprint density at radius 2 is 2.17 bits per heavy atom. The lowest BCUT2D eigenvalue weighted by atomic mass is 10.2. The number of ether oxygens (including phenoxy) is 2. The molecule has 0 unspecified atom stereocenters. The van der Waals surface area contributed by atoms with Gasteiger partial charge in [0.15, 0.2) is 11.5 Å². The van der Waals surface area contributed by atoms with Crippen molar-refractivity contribution in [3.8, 4) is 22.1 Å². The Labute approximate surface area is 116 Å². The van der Waals surface area contributed by atoms with Crippen LogP contribution in [-0.4, -0.2) is 23.5 Å². The number of aliphatic hydroxyl groups is 1. The van der Waals surface area contributed by atoms with E-state index in [-0.39, 0.29) is 13.4 Å². The van der Waals surface area contributed by atoms with Crippen molar-refractivity contribution in [2.24, 2.45) is 0 Å². The normalized spacial score (nSPS) is 13.0. The molecule has 0 saturated carbocycles. The summed E-state index contributed by atoms with van der Waals surface area (Å²) < 4.78 is 11.6. The van der Waals surface area contributed by atoms with Gasteiger partial charge in [-0.25, -0.2) is 4.98 Å². The van der Waals surface area contributed by atoms with Gasteiger partial charge >= 0.3 is 0 Å². The van der Waals surface area contributed by atoms with Crippen LogP contribution in [0.3, 0.4) is 0 Å². The number of hydrogen-bond donors (Lipinski definition) is 1. The maximum Gasteiger partial charge on any atom is 0.231 e. The molecule has 0 saturated heterocycles. The lowest BCUT2D eigenvalue weighted by molar-refractivity contribution is 0.174. The molecule has 3 rings (SSSR count). The average molecular weight is 328 g/mol. The molecule has 1 aliphatic heterocycles. The number of thiazole rings is 1. The highest BCUT2D eigenvalue weighted by molar-refractivity contribution is 9.11. The van der Waals surface area contributed by atoms with Crippen LogP contribution >= 0.6 is 27.3 Å². The van der Waals surface area contributed by atoms with Gasteiger partial charge in [-0.1, -0.05) is 0 Å². The summed E-state index contributed by atoms with van der Waals surface area (Å²) in [6, 6.07) is 5.77. The van der Waals surface area contributed by atoms with E-state index in [9.17, 15) is 0 Å². The molecule has 2 heterocycles. The van der Waals surface area contributed by atoms with Crippen LogP contribution in [-0.2, 0) is 6.42 Å². The van der Waals surface area contributed by atoms with Crippen LogP contribution in [0.5, 0.6) is 11.5 Å². The Balaban J connectivity index is 1.97. The molecule has 0 aliphatic carbocycles. The molecule has 0 spiro atoms. The first kappa shape index (κ1) is 12.0. The van der Waals surface area contributed by atoms with E-state index in [1.54, 1.807) is 11.3 Å². The first-order chi connectivity index (χ1) is 8.78. The first-order valence-corrected chi connectivity index (χ1v) is 7.05. The van der Waals surface area contributed by atoms with Crippen LogP contribution < -0.4 is 9.47 Å². The van der Waals surface area contributed by atoms with Gasteiger partial charge in [-0.2, -0.15) is 0 Å². The van der Waals surface area contributed by atoms with E-state index in [1.165, 1.54) is 0 Å². The van der Waals surface area contributed by atoms with Gasteiger partial charge in [0.05, 0.1) is 9.48 Å². The zero-order valence-corrected chi connectivity index (χ0v) is 11.8. The molecule has 0 amide bonds. The molecular weight excluding hydrogens is 318 g/mol. The Morgan fingerprint density at radius 3 is 3.00 bits per heavy atom. The van der Waals surface area contributed by atoms with E-state index in [2.05, 4.69) is 20.9 Å². The van der Waals surface area contributed by atoms with Crippen molar-refractivity contribution in [2.45, 2.75) is 6.42 Å². The summed E-state index contributed by atoms with van der Waals surface area (Å²) in [5.41, 5.74) is 1.88. The fraction of sp³-hybridized carbons (Fsp3) is 0.250.